The third-order valence-electron chi connectivity index (χ3n) is 4.08. The molecule has 0 radical (unpaired) electrons. The van der Waals surface area contributed by atoms with Gasteiger partial charge in [-0.2, -0.15) is 0 Å². The predicted octanol–water partition coefficient (Wildman–Crippen LogP) is 4.22. The Labute approximate surface area is 166 Å². The lowest BCUT2D eigenvalue weighted by Crippen LogP contribution is -2.15. The smallest absolute Gasteiger partial charge is 0.338 e. The van der Waals surface area contributed by atoms with E-state index in [1.165, 1.54) is 19.8 Å². The average Bonchev–Trinajstić information content (AvgIpc) is 3.26. The van der Waals surface area contributed by atoms with Crippen molar-refractivity contribution in [3.05, 3.63) is 59.2 Å². The Morgan fingerprint density at radius 3 is 2.33 bits per heavy atom. The topological polar surface area (TPSA) is 61.8 Å². The highest BCUT2D eigenvalue weighted by Gasteiger charge is 2.20. The van der Waals surface area contributed by atoms with E-state index < -0.39 is 5.97 Å². The summed E-state index contributed by atoms with van der Waals surface area (Å²) in [6.07, 6.45) is 0. The molecule has 3 rings (SSSR count). The number of hydrogen-bond donors (Lipinski definition) is 0. The Bertz CT molecular complexity index is 814. The summed E-state index contributed by atoms with van der Waals surface area (Å²) in [5.41, 5.74) is 1.93. The van der Waals surface area contributed by atoms with Crippen LogP contribution in [0.2, 0.25) is 0 Å². The summed E-state index contributed by atoms with van der Waals surface area (Å²) in [5, 5.41) is 0. The van der Waals surface area contributed by atoms with Gasteiger partial charge in [-0.15, -0.1) is 23.5 Å². The van der Waals surface area contributed by atoms with Crippen LogP contribution in [0.3, 0.4) is 0 Å². The van der Waals surface area contributed by atoms with E-state index in [1.807, 2.05) is 35.7 Å². The first-order chi connectivity index (χ1) is 13.1. The van der Waals surface area contributed by atoms with Crippen LogP contribution < -0.4 is 9.47 Å². The van der Waals surface area contributed by atoms with Crippen molar-refractivity contribution in [2.75, 3.05) is 32.3 Å². The Hall–Kier alpha value is -2.12. The third-order valence-corrected chi connectivity index (χ3v) is 7.19. The summed E-state index contributed by atoms with van der Waals surface area (Å²) in [7, 11) is 3.00. The Balaban J connectivity index is 1.62. The quantitative estimate of drug-likeness (QED) is 0.506. The van der Waals surface area contributed by atoms with Crippen LogP contribution in [0.1, 0.15) is 30.9 Å². The van der Waals surface area contributed by atoms with E-state index in [1.54, 1.807) is 30.3 Å². The van der Waals surface area contributed by atoms with Crippen molar-refractivity contribution in [2.45, 2.75) is 4.58 Å². The fourth-order valence-electron chi connectivity index (χ4n) is 2.65. The predicted molar refractivity (Wildman–Crippen MR) is 108 cm³/mol. The molecule has 1 fully saturated rings. The van der Waals surface area contributed by atoms with Crippen molar-refractivity contribution in [1.82, 2.24) is 0 Å². The van der Waals surface area contributed by atoms with Gasteiger partial charge in [0.15, 0.2) is 6.61 Å². The van der Waals surface area contributed by atoms with Gasteiger partial charge in [0.25, 0.3) is 0 Å². The maximum absolute atomic E-state index is 12.4. The van der Waals surface area contributed by atoms with Gasteiger partial charge in [-0.05, 0) is 35.9 Å². The summed E-state index contributed by atoms with van der Waals surface area (Å²) < 4.78 is 15.9. The number of carbonyl (C=O) groups excluding carboxylic acids is 2. The van der Waals surface area contributed by atoms with E-state index >= 15 is 0 Å². The number of ether oxygens (including phenoxy) is 3. The summed E-state index contributed by atoms with van der Waals surface area (Å²) in [6, 6.07) is 12.3. The van der Waals surface area contributed by atoms with E-state index in [9.17, 15) is 9.59 Å². The first-order valence-corrected chi connectivity index (χ1v) is 10.5. The van der Waals surface area contributed by atoms with E-state index in [4.69, 9.17) is 14.2 Å². The molecule has 1 heterocycles. The number of ketones is 1. The van der Waals surface area contributed by atoms with Crippen LogP contribution in [0.4, 0.5) is 0 Å². The first kappa shape index (κ1) is 19.6. The van der Waals surface area contributed by atoms with Gasteiger partial charge in [-0.3, -0.25) is 4.79 Å². The SMILES string of the molecule is COc1ccc(OC)c(C(=O)COC(=O)c2ccc(C3SCCS3)cc2)c1. The minimum Gasteiger partial charge on any atom is -0.497 e. The molecule has 7 heteroatoms. The van der Waals surface area contributed by atoms with Gasteiger partial charge in [0.2, 0.25) is 5.78 Å². The molecule has 0 amide bonds. The highest BCUT2D eigenvalue weighted by Crippen LogP contribution is 2.45. The van der Waals surface area contributed by atoms with E-state index in [2.05, 4.69) is 0 Å². The van der Waals surface area contributed by atoms with Crippen LogP contribution >= 0.6 is 23.5 Å². The van der Waals surface area contributed by atoms with E-state index in [0.717, 1.165) is 11.5 Å². The molecular formula is C20H20O5S2. The zero-order valence-electron chi connectivity index (χ0n) is 15.1. The molecule has 27 heavy (non-hydrogen) atoms. The van der Waals surface area contributed by atoms with E-state index in [-0.39, 0.29) is 12.4 Å². The Morgan fingerprint density at radius 1 is 1.00 bits per heavy atom. The molecule has 0 saturated carbocycles. The van der Waals surface area contributed by atoms with Gasteiger partial charge >= 0.3 is 5.97 Å². The second-order valence-corrected chi connectivity index (χ2v) is 8.49. The molecule has 0 spiro atoms. The van der Waals surface area contributed by atoms with Crippen molar-refractivity contribution in [1.29, 1.82) is 0 Å². The number of methoxy groups -OCH3 is 2. The molecule has 0 unspecified atom stereocenters. The Kier molecular flexibility index (Phi) is 6.68. The summed E-state index contributed by atoms with van der Waals surface area (Å²) in [4.78, 5) is 24.7. The minimum absolute atomic E-state index is 0.315. The second-order valence-electron chi connectivity index (χ2n) is 5.76. The minimum atomic E-state index is -0.525. The van der Waals surface area contributed by atoms with Crippen molar-refractivity contribution < 1.29 is 23.8 Å². The first-order valence-electron chi connectivity index (χ1n) is 8.38. The van der Waals surface area contributed by atoms with Gasteiger partial charge in [-0.25, -0.2) is 4.79 Å². The maximum Gasteiger partial charge on any atom is 0.338 e. The third kappa shape index (κ3) is 4.78. The molecule has 0 atom stereocenters. The number of thioether (sulfide) groups is 2. The van der Waals surface area contributed by atoms with Crippen LogP contribution in [0.15, 0.2) is 42.5 Å². The molecule has 2 aromatic carbocycles. The molecule has 1 aliphatic rings. The molecule has 142 valence electrons. The van der Waals surface area contributed by atoms with Crippen LogP contribution in [-0.2, 0) is 4.74 Å². The lowest BCUT2D eigenvalue weighted by molar-refractivity contribution is 0.0474. The molecular weight excluding hydrogens is 384 g/mol. The number of benzene rings is 2. The largest absolute Gasteiger partial charge is 0.497 e. The zero-order valence-corrected chi connectivity index (χ0v) is 16.7. The lowest BCUT2D eigenvalue weighted by Gasteiger charge is -2.11. The zero-order chi connectivity index (χ0) is 19.2. The number of hydrogen-bond acceptors (Lipinski definition) is 7. The summed E-state index contributed by atoms with van der Waals surface area (Å²) in [5.74, 6) is 2.36. The number of carbonyl (C=O) groups is 2. The molecule has 0 bridgehead atoms. The fraction of sp³-hybridized carbons (Fsp3) is 0.300. The molecule has 0 aliphatic carbocycles. The van der Waals surface area contributed by atoms with Crippen molar-refractivity contribution in [3.63, 3.8) is 0 Å². The number of Topliss-reactive ketones (excluding diaryl/α,β-unsaturated/α-hetero) is 1. The molecule has 5 nitrogen and oxygen atoms in total. The van der Waals surface area contributed by atoms with Gasteiger partial charge < -0.3 is 14.2 Å². The molecule has 1 aliphatic heterocycles. The van der Waals surface area contributed by atoms with Crippen LogP contribution in [0.5, 0.6) is 11.5 Å². The van der Waals surface area contributed by atoms with Crippen molar-refractivity contribution in [2.24, 2.45) is 0 Å². The summed E-state index contributed by atoms with van der Waals surface area (Å²) in [6.45, 7) is -0.363. The fourth-order valence-corrected chi connectivity index (χ4v) is 5.51. The normalized spacial score (nSPS) is 14.0. The standard InChI is InChI=1S/C20H20O5S2/c1-23-15-7-8-18(24-2)16(11-15)17(21)12-25-19(22)13-3-5-14(6-4-13)20-26-9-10-27-20/h3-8,11,20H,9-10,12H2,1-2H3. The van der Waals surface area contributed by atoms with Crippen LogP contribution in [0.25, 0.3) is 0 Å². The number of rotatable bonds is 7. The maximum atomic E-state index is 12.4. The monoisotopic (exact) mass is 404 g/mol. The molecule has 0 aromatic heterocycles. The second kappa shape index (κ2) is 9.19. The molecule has 2 aromatic rings. The van der Waals surface area contributed by atoms with Gasteiger partial charge in [0.05, 0.1) is 29.9 Å². The highest BCUT2D eigenvalue weighted by atomic mass is 32.2. The van der Waals surface area contributed by atoms with Crippen LogP contribution in [0, 0.1) is 0 Å². The van der Waals surface area contributed by atoms with Crippen molar-refractivity contribution >= 4 is 35.3 Å². The molecule has 1 saturated heterocycles. The summed E-state index contributed by atoms with van der Waals surface area (Å²) >= 11 is 3.82. The van der Waals surface area contributed by atoms with Gasteiger partial charge in [-0.1, -0.05) is 12.1 Å². The lowest BCUT2D eigenvalue weighted by atomic mass is 10.1. The average molecular weight is 405 g/mol. The highest BCUT2D eigenvalue weighted by molar-refractivity contribution is 8.19. The number of esters is 1. The van der Waals surface area contributed by atoms with Gasteiger partial charge in [0.1, 0.15) is 11.5 Å². The van der Waals surface area contributed by atoms with Crippen LogP contribution in [-0.4, -0.2) is 44.1 Å². The van der Waals surface area contributed by atoms with E-state index in [0.29, 0.717) is 27.2 Å². The Morgan fingerprint density at radius 2 is 1.70 bits per heavy atom. The van der Waals surface area contributed by atoms with Gasteiger partial charge in [0, 0.05) is 11.5 Å². The van der Waals surface area contributed by atoms with Crippen molar-refractivity contribution in [3.8, 4) is 11.5 Å². The molecule has 0 N–H and O–H groups in total.